The van der Waals surface area contributed by atoms with E-state index in [2.05, 4.69) is 15.4 Å². The minimum Gasteiger partial charge on any atom is -0.433 e. The maximum atomic E-state index is 12.2. The minimum atomic E-state index is -3.00. The number of urea groups is 1. The number of aliphatic hydroxyl groups is 1. The number of nitrogens with one attached hydrogen (secondary N) is 2. The maximum absolute atomic E-state index is 12.2. The lowest BCUT2D eigenvalue weighted by atomic mass is 10.1. The quantitative estimate of drug-likeness (QED) is 0.753. The molecule has 0 heterocycles. The van der Waals surface area contributed by atoms with Crippen molar-refractivity contribution in [1.82, 2.24) is 5.32 Å². The molecule has 1 aromatic carbocycles. The number of ether oxygens (including phenoxy) is 1. The summed E-state index contributed by atoms with van der Waals surface area (Å²) in [5.41, 5.74) is 0.261. The van der Waals surface area contributed by atoms with Gasteiger partial charge in [0.25, 0.3) is 0 Å². The van der Waals surface area contributed by atoms with Crippen molar-refractivity contribution in [2.24, 2.45) is 5.92 Å². The Morgan fingerprint density at radius 3 is 2.67 bits per heavy atom. The lowest BCUT2D eigenvalue weighted by Crippen LogP contribution is -2.40. The molecule has 0 aliphatic heterocycles. The molecule has 0 radical (unpaired) electrons. The molecule has 0 spiro atoms. The molecule has 0 aliphatic carbocycles. The summed E-state index contributed by atoms with van der Waals surface area (Å²) in [5, 5.41) is 14.1. The van der Waals surface area contributed by atoms with E-state index in [1.54, 1.807) is 13.8 Å². The Labute approximate surface area is 126 Å². The third-order valence-corrected chi connectivity index (χ3v) is 3.22. The van der Waals surface area contributed by atoms with Gasteiger partial charge in [-0.1, -0.05) is 18.5 Å². The van der Waals surface area contributed by atoms with Crippen LogP contribution in [-0.2, 0) is 0 Å². The van der Waals surface area contributed by atoms with Gasteiger partial charge in [-0.05, 0) is 25.0 Å². The Hall–Kier alpha value is -1.60. The van der Waals surface area contributed by atoms with Gasteiger partial charge < -0.3 is 20.5 Å². The fourth-order valence-electron chi connectivity index (χ4n) is 1.44. The molecule has 0 aromatic heterocycles. The van der Waals surface area contributed by atoms with Crippen LogP contribution < -0.4 is 15.4 Å². The van der Waals surface area contributed by atoms with Gasteiger partial charge in [0.15, 0.2) is 0 Å². The van der Waals surface area contributed by atoms with Crippen LogP contribution in [0.25, 0.3) is 0 Å². The highest BCUT2D eigenvalue weighted by atomic mass is 35.5. The zero-order valence-electron chi connectivity index (χ0n) is 11.6. The third-order valence-electron chi connectivity index (χ3n) is 2.91. The largest absolute Gasteiger partial charge is 0.433 e. The summed E-state index contributed by atoms with van der Waals surface area (Å²) in [6.45, 7) is 0.460. The number of halogens is 3. The van der Waals surface area contributed by atoms with Crippen molar-refractivity contribution in [3.8, 4) is 5.75 Å². The highest BCUT2D eigenvalue weighted by molar-refractivity contribution is 6.32. The van der Waals surface area contributed by atoms with Crippen molar-refractivity contribution in [1.29, 1.82) is 0 Å². The first-order valence-electron chi connectivity index (χ1n) is 6.26. The van der Waals surface area contributed by atoms with Crippen LogP contribution in [0.1, 0.15) is 13.8 Å². The van der Waals surface area contributed by atoms with E-state index in [4.69, 9.17) is 16.7 Å². The summed E-state index contributed by atoms with van der Waals surface area (Å²) >= 11 is 5.71. The first-order valence-corrected chi connectivity index (χ1v) is 6.64. The Balaban J connectivity index is 2.68. The smallest absolute Gasteiger partial charge is 0.387 e. The zero-order chi connectivity index (χ0) is 16.0. The Morgan fingerprint density at radius 2 is 2.10 bits per heavy atom. The van der Waals surface area contributed by atoms with E-state index in [1.807, 2.05) is 0 Å². The van der Waals surface area contributed by atoms with Crippen molar-refractivity contribution in [3.63, 3.8) is 0 Å². The lowest BCUT2D eigenvalue weighted by molar-refractivity contribution is -0.0497. The molecular weight excluding hydrogens is 306 g/mol. The molecule has 3 N–H and O–H groups in total. The molecule has 2 atom stereocenters. The molecule has 0 saturated carbocycles. The van der Waals surface area contributed by atoms with E-state index in [9.17, 15) is 13.6 Å². The number of carbonyl (C=O) groups excluding carboxylic acids is 1. The third kappa shape index (κ3) is 5.73. The van der Waals surface area contributed by atoms with Crippen molar-refractivity contribution >= 4 is 23.3 Å². The summed E-state index contributed by atoms with van der Waals surface area (Å²) < 4.78 is 28.6. The second kappa shape index (κ2) is 7.99. The number of carbonyl (C=O) groups is 1. The second-order valence-corrected chi connectivity index (χ2v) is 4.98. The Morgan fingerprint density at radius 1 is 1.43 bits per heavy atom. The van der Waals surface area contributed by atoms with E-state index in [0.717, 1.165) is 0 Å². The van der Waals surface area contributed by atoms with Gasteiger partial charge in [-0.15, -0.1) is 0 Å². The van der Waals surface area contributed by atoms with E-state index in [0.29, 0.717) is 0 Å². The number of amides is 2. The Bertz CT molecular complexity index is 488. The molecule has 0 bridgehead atoms. The van der Waals surface area contributed by atoms with Crippen molar-refractivity contribution in [2.45, 2.75) is 26.5 Å². The summed E-state index contributed by atoms with van der Waals surface area (Å²) in [6.07, 6.45) is 0. The standard InChI is InChI=1S/C13H17ClF2N2O3/c1-7(6-19)8(2)17-13(20)18-9-3-4-10(14)11(5-9)21-12(15)16/h3-5,7-8,12,19H,6H2,1-2H3,(H2,17,18,20). The van der Waals surface area contributed by atoms with Gasteiger partial charge in [0.05, 0.1) is 5.02 Å². The normalized spacial score (nSPS) is 13.7. The summed E-state index contributed by atoms with van der Waals surface area (Å²) in [6, 6.07) is 3.23. The predicted molar refractivity (Wildman–Crippen MR) is 76.0 cm³/mol. The topological polar surface area (TPSA) is 70.6 Å². The number of alkyl halides is 2. The van der Waals surface area contributed by atoms with Gasteiger partial charge >= 0.3 is 12.6 Å². The fraction of sp³-hybridized carbons (Fsp3) is 0.462. The van der Waals surface area contributed by atoms with E-state index in [-0.39, 0.29) is 35.0 Å². The maximum Gasteiger partial charge on any atom is 0.387 e. The highest BCUT2D eigenvalue weighted by Crippen LogP contribution is 2.29. The fourth-order valence-corrected chi connectivity index (χ4v) is 1.60. The number of rotatable bonds is 6. The molecule has 5 nitrogen and oxygen atoms in total. The lowest BCUT2D eigenvalue weighted by Gasteiger charge is -2.19. The monoisotopic (exact) mass is 322 g/mol. The minimum absolute atomic E-state index is 0.0172. The molecule has 2 unspecified atom stereocenters. The van der Waals surface area contributed by atoms with Crippen molar-refractivity contribution < 1.29 is 23.4 Å². The number of hydrogen-bond donors (Lipinski definition) is 3. The second-order valence-electron chi connectivity index (χ2n) is 4.57. The van der Waals surface area contributed by atoms with Gasteiger partial charge in [0.2, 0.25) is 0 Å². The van der Waals surface area contributed by atoms with Gasteiger partial charge in [0, 0.05) is 24.4 Å². The van der Waals surface area contributed by atoms with E-state index >= 15 is 0 Å². The molecule has 0 aliphatic rings. The molecule has 0 saturated heterocycles. The van der Waals surface area contributed by atoms with Crippen LogP contribution in [0.4, 0.5) is 19.3 Å². The van der Waals surface area contributed by atoms with Crippen molar-refractivity contribution in [3.05, 3.63) is 23.2 Å². The molecular formula is C13H17ClF2N2O3. The van der Waals surface area contributed by atoms with Crippen LogP contribution in [0.2, 0.25) is 5.02 Å². The number of benzene rings is 1. The molecule has 8 heteroatoms. The predicted octanol–water partition coefficient (Wildman–Crippen LogP) is 3.08. The summed E-state index contributed by atoms with van der Waals surface area (Å²) in [5.74, 6) is -0.333. The molecule has 21 heavy (non-hydrogen) atoms. The van der Waals surface area contributed by atoms with E-state index < -0.39 is 12.6 Å². The van der Waals surface area contributed by atoms with Gasteiger partial charge in [-0.3, -0.25) is 0 Å². The number of anilines is 1. The summed E-state index contributed by atoms with van der Waals surface area (Å²) in [4.78, 5) is 11.7. The molecule has 0 fully saturated rings. The van der Waals surface area contributed by atoms with Crippen LogP contribution in [-0.4, -0.2) is 30.4 Å². The Kier molecular flexibility index (Phi) is 6.64. The van der Waals surface area contributed by atoms with Gasteiger partial charge in [-0.25, -0.2) is 4.79 Å². The number of aliphatic hydroxyl groups excluding tert-OH is 1. The highest BCUT2D eigenvalue weighted by Gasteiger charge is 2.15. The van der Waals surface area contributed by atoms with Crippen molar-refractivity contribution in [2.75, 3.05) is 11.9 Å². The molecule has 2 amide bonds. The first-order chi connectivity index (χ1) is 9.83. The summed E-state index contributed by atoms with van der Waals surface area (Å²) in [7, 11) is 0. The molecule has 118 valence electrons. The number of hydrogen-bond acceptors (Lipinski definition) is 3. The van der Waals surface area contributed by atoms with E-state index in [1.165, 1.54) is 18.2 Å². The van der Waals surface area contributed by atoms with Crippen LogP contribution in [0.15, 0.2) is 18.2 Å². The van der Waals surface area contributed by atoms with Gasteiger partial charge in [0.1, 0.15) is 5.75 Å². The SMILES string of the molecule is CC(CO)C(C)NC(=O)Nc1ccc(Cl)c(OC(F)F)c1. The van der Waals surface area contributed by atoms with Gasteiger partial charge in [-0.2, -0.15) is 8.78 Å². The first kappa shape index (κ1) is 17.5. The average Bonchev–Trinajstić information content (AvgIpc) is 2.40. The van der Waals surface area contributed by atoms with Crippen LogP contribution >= 0.6 is 11.6 Å². The van der Waals surface area contributed by atoms with Crippen LogP contribution in [0, 0.1) is 5.92 Å². The average molecular weight is 323 g/mol. The van der Waals surface area contributed by atoms with Crippen LogP contribution in [0.3, 0.4) is 0 Å². The molecule has 1 rings (SSSR count). The van der Waals surface area contributed by atoms with Crippen LogP contribution in [0.5, 0.6) is 5.75 Å². The molecule has 1 aromatic rings. The zero-order valence-corrected chi connectivity index (χ0v) is 12.3.